The molecule has 142 valence electrons. The van der Waals surface area contributed by atoms with Crippen LogP contribution in [0.4, 0.5) is 0 Å². The molecule has 0 unspecified atom stereocenters. The van der Waals surface area contributed by atoms with Gasteiger partial charge >= 0.3 is 0 Å². The van der Waals surface area contributed by atoms with Crippen molar-refractivity contribution in [3.05, 3.63) is 60.4 Å². The van der Waals surface area contributed by atoms with Gasteiger partial charge in [0.15, 0.2) is 5.76 Å². The van der Waals surface area contributed by atoms with E-state index in [2.05, 4.69) is 53.1 Å². The topological polar surface area (TPSA) is 34.1 Å². The number of hydrogen-bond donors (Lipinski definition) is 0. The van der Waals surface area contributed by atoms with Gasteiger partial charge in [-0.2, -0.15) is 11.8 Å². The Morgan fingerprint density at radius 1 is 1.19 bits per heavy atom. The van der Waals surface area contributed by atoms with Gasteiger partial charge in [-0.3, -0.25) is 9.89 Å². The molecule has 0 saturated carbocycles. The molecule has 2 aliphatic heterocycles. The Hall–Kier alpha value is -1.72. The lowest BCUT2D eigenvalue weighted by atomic mass is 10.1. The SMILES string of the molecule is C=C/C=C1/OCCOC1=NC.CSC1CCN(Cc2ccccc2)CC1. The van der Waals surface area contributed by atoms with Crippen LogP contribution in [0.15, 0.2) is 59.8 Å². The largest absolute Gasteiger partial charge is 0.484 e. The molecule has 4 nitrogen and oxygen atoms in total. The minimum absolute atomic E-state index is 0.552. The Morgan fingerprint density at radius 2 is 1.88 bits per heavy atom. The molecule has 0 aromatic heterocycles. The van der Waals surface area contributed by atoms with Crippen molar-refractivity contribution >= 4 is 17.7 Å². The van der Waals surface area contributed by atoms with Crippen molar-refractivity contribution in [3.8, 4) is 0 Å². The molecule has 0 N–H and O–H groups in total. The van der Waals surface area contributed by atoms with Crippen molar-refractivity contribution < 1.29 is 9.47 Å². The van der Waals surface area contributed by atoms with Gasteiger partial charge in [0, 0.05) is 18.8 Å². The van der Waals surface area contributed by atoms with Crippen LogP contribution >= 0.6 is 11.8 Å². The lowest BCUT2D eigenvalue weighted by molar-refractivity contribution is 0.117. The zero-order chi connectivity index (χ0) is 18.6. The number of aliphatic imine (C=N–C) groups is 1. The van der Waals surface area contributed by atoms with Crippen LogP contribution in [0, 0.1) is 0 Å². The minimum atomic E-state index is 0.552. The molecule has 0 radical (unpaired) electrons. The second-order valence-corrected chi connectivity index (χ2v) is 7.33. The summed E-state index contributed by atoms with van der Waals surface area (Å²) in [7, 11) is 1.67. The first-order valence-electron chi connectivity index (χ1n) is 9.11. The highest BCUT2D eigenvalue weighted by Gasteiger charge is 2.17. The van der Waals surface area contributed by atoms with Crippen LogP contribution in [0.1, 0.15) is 18.4 Å². The van der Waals surface area contributed by atoms with Crippen LogP contribution in [-0.4, -0.2) is 55.7 Å². The Balaban J connectivity index is 0.000000197. The zero-order valence-electron chi connectivity index (χ0n) is 15.9. The monoisotopic (exact) mass is 374 g/mol. The average molecular weight is 375 g/mol. The third-order valence-electron chi connectivity index (χ3n) is 4.38. The van der Waals surface area contributed by atoms with Crippen molar-refractivity contribution in [2.24, 2.45) is 4.99 Å². The van der Waals surface area contributed by atoms with Crippen LogP contribution in [0.5, 0.6) is 0 Å². The van der Waals surface area contributed by atoms with Crippen LogP contribution in [-0.2, 0) is 16.0 Å². The molecule has 0 amide bonds. The number of nitrogens with zero attached hydrogens (tertiary/aromatic N) is 2. The van der Waals surface area contributed by atoms with Crippen LogP contribution in [0.25, 0.3) is 0 Å². The summed E-state index contributed by atoms with van der Waals surface area (Å²) in [5.74, 6) is 1.21. The maximum absolute atomic E-state index is 5.26. The summed E-state index contributed by atoms with van der Waals surface area (Å²) in [5, 5.41) is 0.900. The highest BCUT2D eigenvalue weighted by Crippen LogP contribution is 2.21. The molecule has 2 heterocycles. The first kappa shape index (κ1) is 20.6. The van der Waals surface area contributed by atoms with Gasteiger partial charge in [0.25, 0.3) is 5.90 Å². The maximum Gasteiger partial charge on any atom is 0.252 e. The first-order chi connectivity index (χ1) is 12.8. The Labute approximate surface area is 162 Å². The van der Waals surface area contributed by atoms with E-state index in [1.807, 2.05) is 11.8 Å². The van der Waals surface area contributed by atoms with Crippen molar-refractivity contribution in [2.45, 2.75) is 24.6 Å². The van der Waals surface area contributed by atoms with Gasteiger partial charge in [-0.25, -0.2) is 0 Å². The highest BCUT2D eigenvalue weighted by molar-refractivity contribution is 7.99. The summed E-state index contributed by atoms with van der Waals surface area (Å²) in [6.45, 7) is 8.36. The molecule has 1 aromatic rings. The molecule has 2 fully saturated rings. The molecular formula is C21H30N2O2S. The summed E-state index contributed by atoms with van der Waals surface area (Å²) in [5.41, 5.74) is 1.44. The molecule has 0 bridgehead atoms. The number of thioether (sulfide) groups is 1. The smallest absolute Gasteiger partial charge is 0.252 e. The van der Waals surface area contributed by atoms with Crippen LogP contribution in [0.2, 0.25) is 0 Å². The fraction of sp³-hybridized carbons (Fsp3) is 0.476. The fourth-order valence-electron chi connectivity index (χ4n) is 2.97. The van der Waals surface area contributed by atoms with Gasteiger partial charge in [0.05, 0.1) is 0 Å². The third-order valence-corrected chi connectivity index (χ3v) is 5.52. The number of likely N-dealkylation sites (tertiary alicyclic amines) is 1. The third kappa shape index (κ3) is 6.89. The standard InChI is InChI=1S/C13H19NS.C8H11NO2/c1-15-13-7-9-14(10-8-13)11-12-5-3-2-4-6-12;1-3-4-7-8(9-2)11-6-5-10-7/h2-6,13H,7-11H2,1H3;3-4H,1,5-6H2,2H3/b;7-4+,9-8?. The van der Waals surface area contributed by atoms with E-state index in [4.69, 9.17) is 9.47 Å². The van der Waals surface area contributed by atoms with Gasteiger partial charge in [-0.05, 0) is 43.8 Å². The predicted molar refractivity (Wildman–Crippen MR) is 112 cm³/mol. The first-order valence-corrected chi connectivity index (χ1v) is 10.4. The summed E-state index contributed by atoms with van der Waals surface area (Å²) in [4.78, 5) is 6.47. The van der Waals surface area contributed by atoms with Gasteiger partial charge in [0.1, 0.15) is 13.2 Å². The summed E-state index contributed by atoms with van der Waals surface area (Å²) in [6, 6.07) is 10.8. The van der Waals surface area contributed by atoms with Crippen molar-refractivity contribution in [1.29, 1.82) is 0 Å². The molecule has 0 spiro atoms. The number of benzene rings is 1. The fourth-order valence-corrected chi connectivity index (χ4v) is 3.65. The molecule has 26 heavy (non-hydrogen) atoms. The molecule has 2 aliphatic rings. The maximum atomic E-state index is 5.26. The predicted octanol–water partition coefficient (Wildman–Crippen LogP) is 4.15. The molecular weight excluding hydrogens is 344 g/mol. The molecule has 0 atom stereocenters. The molecule has 2 saturated heterocycles. The zero-order valence-corrected chi connectivity index (χ0v) is 16.7. The Kier molecular flexibility index (Phi) is 9.35. The highest BCUT2D eigenvalue weighted by atomic mass is 32.2. The normalized spacial score (nSPS) is 21.5. The van der Waals surface area contributed by atoms with Gasteiger partial charge in [-0.1, -0.05) is 43.0 Å². The van der Waals surface area contributed by atoms with Crippen molar-refractivity contribution in [2.75, 3.05) is 39.6 Å². The quantitative estimate of drug-likeness (QED) is 0.793. The van der Waals surface area contributed by atoms with E-state index in [9.17, 15) is 0 Å². The van der Waals surface area contributed by atoms with E-state index in [1.54, 1.807) is 19.2 Å². The van der Waals surface area contributed by atoms with E-state index >= 15 is 0 Å². The van der Waals surface area contributed by atoms with Crippen molar-refractivity contribution in [1.82, 2.24) is 4.90 Å². The van der Waals surface area contributed by atoms with Crippen molar-refractivity contribution in [3.63, 3.8) is 0 Å². The number of hydrogen-bond acceptors (Lipinski definition) is 5. The van der Waals surface area contributed by atoms with E-state index in [0.29, 0.717) is 24.9 Å². The Bertz CT molecular complexity index is 593. The van der Waals surface area contributed by atoms with E-state index in [1.165, 1.54) is 31.5 Å². The van der Waals surface area contributed by atoms with Crippen LogP contribution in [0.3, 0.4) is 0 Å². The number of rotatable bonds is 4. The van der Waals surface area contributed by atoms with Gasteiger partial charge < -0.3 is 9.47 Å². The Morgan fingerprint density at radius 3 is 2.50 bits per heavy atom. The molecule has 3 rings (SSSR count). The van der Waals surface area contributed by atoms with E-state index < -0.39 is 0 Å². The van der Waals surface area contributed by atoms with E-state index in [-0.39, 0.29) is 0 Å². The second kappa shape index (κ2) is 11.8. The second-order valence-electron chi connectivity index (χ2n) is 6.19. The number of ether oxygens (including phenoxy) is 2. The summed E-state index contributed by atoms with van der Waals surface area (Å²) < 4.78 is 10.5. The lowest BCUT2D eigenvalue weighted by Gasteiger charge is -2.31. The minimum Gasteiger partial charge on any atom is -0.484 e. The number of allylic oxidation sites excluding steroid dienone is 2. The summed E-state index contributed by atoms with van der Waals surface area (Å²) >= 11 is 2.03. The van der Waals surface area contributed by atoms with Gasteiger partial charge in [-0.15, -0.1) is 0 Å². The number of piperidine rings is 1. The summed E-state index contributed by atoms with van der Waals surface area (Å²) in [6.07, 6.45) is 8.33. The molecule has 0 aliphatic carbocycles. The molecule has 5 heteroatoms. The lowest BCUT2D eigenvalue weighted by Crippen LogP contribution is -2.34. The molecule has 1 aromatic carbocycles. The average Bonchev–Trinajstić information content (AvgIpc) is 2.70. The van der Waals surface area contributed by atoms with Gasteiger partial charge in [0.2, 0.25) is 0 Å². The van der Waals surface area contributed by atoms with Crippen LogP contribution < -0.4 is 0 Å². The van der Waals surface area contributed by atoms with E-state index in [0.717, 1.165) is 11.8 Å².